The van der Waals surface area contributed by atoms with Gasteiger partial charge in [0, 0.05) is 52.9 Å². The van der Waals surface area contributed by atoms with Gasteiger partial charge in [0.15, 0.2) is 6.79 Å². The van der Waals surface area contributed by atoms with E-state index in [-0.39, 0.29) is 45.1 Å². The largest absolute Gasteiger partial charge is 0.468 e. The first-order chi connectivity index (χ1) is 9.54. The maximum Gasteiger partial charge on any atom is 0.207 e. The van der Waals surface area contributed by atoms with Gasteiger partial charge in [0.25, 0.3) is 0 Å². The van der Waals surface area contributed by atoms with Crippen LogP contribution in [0.4, 0.5) is 4.39 Å². The smallest absolute Gasteiger partial charge is 0.207 e. The van der Waals surface area contributed by atoms with Crippen LogP contribution in [0.25, 0.3) is 11.3 Å². The summed E-state index contributed by atoms with van der Waals surface area (Å²) in [7, 11) is 3.08. The van der Waals surface area contributed by atoms with E-state index in [9.17, 15) is 9.18 Å². The standard InChI is InChI=1S/C14H12FINO3.Y/c1-17-13(6-5-12(16)14(17)18)10-4-3-9(7-11(10)15)20-8-19-2;/h3-5,7H,8H2,1-2H3;/q-1;. The molecule has 21 heavy (non-hydrogen) atoms. The van der Waals surface area contributed by atoms with Gasteiger partial charge >= 0.3 is 0 Å². The Bertz CT molecular complexity index is 690. The van der Waals surface area contributed by atoms with Crippen molar-refractivity contribution in [2.75, 3.05) is 13.9 Å². The number of hydrogen-bond donors (Lipinski definition) is 0. The summed E-state index contributed by atoms with van der Waals surface area (Å²) in [6, 6.07) is 8.89. The topological polar surface area (TPSA) is 40.5 Å². The second-order valence-corrected chi connectivity index (χ2v) is 5.20. The van der Waals surface area contributed by atoms with Crippen molar-refractivity contribution >= 4 is 22.6 Å². The molecule has 2 rings (SSSR count). The fourth-order valence-corrected chi connectivity index (χ4v) is 2.23. The van der Waals surface area contributed by atoms with Crippen LogP contribution in [0.1, 0.15) is 0 Å². The Balaban J connectivity index is 0.00000220. The fraction of sp³-hybridized carbons (Fsp3) is 0.214. The number of hydrogen-bond acceptors (Lipinski definition) is 3. The Morgan fingerprint density at radius 1 is 1.43 bits per heavy atom. The Labute approximate surface area is 160 Å². The van der Waals surface area contributed by atoms with E-state index in [1.165, 1.54) is 17.7 Å². The first-order valence-electron chi connectivity index (χ1n) is 5.73. The second kappa shape index (κ2) is 8.36. The number of pyridine rings is 1. The van der Waals surface area contributed by atoms with Gasteiger partial charge in [-0.2, -0.15) is 12.1 Å². The average Bonchev–Trinajstić information content (AvgIpc) is 2.44. The van der Waals surface area contributed by atoms with E-state index < -0.39 is 5.82 Å². The molecule has 1 aromatic carbocycles. The maximum atomic E-state index is 14.1. The Kier molecular flexibility index (Phi) is 7.46. The van der Waals surface area contributed by atoms with Gasteiger partial charge in [-0.1, -0.05) is 11.3 Å². The van der Waals surface area contributed by atoms with Crippen molar-refractivity contribution in [3.8, 4) is 17.0 Å². The first-order valence-corrected chi connectivity index (χ1v) is 6.81. The van der Waals surface area contributed by atoms with Crippen LogP contribution in [0.15, 0.2) is 29.1 Å². The maximum absolute atomic E-state index is 14.1. The minimum Gasteiger partial charge on any atom is -0.468 e. The van der Waals surface area contributed by atoms with Gasteiger partial charge in [-0.3, -0.25) is 4.79 Å². The number of nitrogens with zero attached hydrogens (tertiary/aromatic N) is 1. The van der Waals surface area contributed by atoms with Crippen LogP contribution in [0.5, 0.6) is 5.75 Å². The fourth-order valence-electron chi connectivity index (χ4n) is 1.72. The Hall–Kier alpha value is -0.306. The van der Waals surface area contributed by atoms with Crippen LogP contribution in [-0.4, -0.2) is 18.5 Å². The number of ether oxygens (including phenoxy) is 2. The van der Waals surface area contributed by atoms with E-state index in [1.54, 1.807) is 25.2 Å². The molecular weight excluding hydrogens is 465 g/mol. The zero-order valence-electron chi connectivity index (χ0n) is 11.5. The number of rotatable bonds is 4. The molecule has 0 aliphatic carbocycles. The van der Waals surface area contributed by atoms with Crippen LogP contribution in [-0.2, 0) is 44.5 Å². The van der Waals surface area contributed by atoms with Crippen molar-refractivity contribution in [2.24, 2.45) is 7.05 Å². The summed E-state index contributed by atoms with van der Waals surface area (Å²) in [5.74, 6) is -0.116. The zero-order valence-corrected chi connectivity index (χ0v) is 16.5. The Morgan fingerprint density at radius 3 is 2.76 bits per heavy atom. The molecule has 1 heterocycles. The van der Waals surface area contributed by atoms with Crippen molar-refractivity contribution in [3.63, 3.8) is 0 Å². The number of aromatic nitrogens is 1. The number of halogens is 2. The monoisotopic (exact) mass is 477 g/mol. The van der Waals surface area contributed by atoms with Crippen LogP contribution < -0.4 is 10.3 Å². The summed E-state index contributed by atoms with van der Waals surface area (Å²) in [6.45, 7) is 0.0485. The summed E-state index contributed by atoms with van der Waals surface area (Å²) >= 11 is 1.92. The predicted molar refractivity (Wildman–Crippen MR) is 81.1 cm³/mol. The molecule has 4 nitrogen and oxygen atoms in total. The average molecular weight is 477 g/mol. The SMILES string of the molecule is COCOc1ccc(-c2[c-]cc(I)c(=O)n2C)c(F)c1.[Y]. The van der Waals surface area contributed by atoms with E-state index in [4.69, 9.17) is 9.47 Å². The van der Waals surface area contributed by atoms with E-state index in [0.29, 0.717) is 20.6 Å². The van der Waals surface area contributed by atoms with Crippen LogP contribution in [0.3, 0.4) is 0 Å². The van der Waals surface area contributed by atoms with Crippen molar-refractivity contribution in [2.45, 2.75) is 0 Å². The van der Waals surface area contributed by atoms with E-state index >= 15 is 0 Å². The van der Waals surface area contributed by atoms with Crippen LogP contribution in [0.2, 0.25) is 0 Å². The summed E-state index contributed by atoms with van der Waals surface area (Å²) in [5, 5.41) is 0. The molecule has 0 aliphatic heterocycles. The van der Waals surface area contributed by atoms with E-state index in [2.05, 4.69) is 6.07 Å². The molecule has 7 heteroatoms. The molecule has 0 amide bonds. The van der Waals surface area contributed by atoms with Gasteiger partial charge in [-0.25, -0.2) is 4.39 Å². The zero-order chi connectivity index (χ0) is 14.7. The number of benzene rings is 1. The summed E-state index contributed by atoms with van der Waals surface area (Å²) in [5.41, 5.74) is 0.510. The van der Waals surface area contributed by atoms with Gasteiger partial charge in [0.1, 0.15) is 5.75 Å². The van der Waals surface area contributed by atoms with Crippen molar-refractivity contribution in [1.29, 1.82) is 0 Å². The van der Waals surface area contributed by atoms with Crippen LogP contribution in [0, 0.1) is 15.5 Å². The molecule has 0 spiro atoms. The third kappa shape index (κ3) is 4.34. The van der Waals surface area contributed by atoms with Gasteiger partial charge in [0.05, 0.1) is 5.82 Å². The summed E-state index contributed by atoms with van der Waals surface area (Å²) in [6.07, 6.45) is 0. The van der Waals surface area contributed by atoms with E-state index in [1.807, 2.05) is 22.6 Å². The van der Waals surface area contributed by atoms with Crippen molar-refractivity contribution in [3.05, 3.63) is 50.1 Å². The molecule has 0 N–H and O–H groups in total. The minimum absolute atomic E-state index is 0. The number of methoxy groups -OCH3 is 1. The molecule has 2 aromatic rings. The second-order valence-electron chi connectivity index (χ2n) is 4.04. The summed E-state index contributed by atoms with van der Waals surface area (Å²) in [4.78, 5) is 11.9. The van der Waals surface area contributed by atoms with Crippen LogP contribution >= 0.6 is 22.6 Å². The molecule has 1 radical (unpaired) electrons. The molecule has 0 fully saturated rings. The minimum atomic E-state index is -0.480. The third-order valence-electron chi connectivity index (χ3n) is 2.72. The quantitative estimate of drug-likeness (QED) is 0.387. The normalized spacial score (nSPS) is 10.1. The van der Waals surface area contributed by atoms with Crippen molar-refractivity contribution < 1.29 is 46.6 Å². The molecule has 0 saturated heterocycles. The first kappa shape index (κ1) is 18.7. The van der Waals surface area contributed by atoms with E-state index in [0.717, 1.165) is 0 Å². The predicted octanol–water partition coefficient (Wildman–Crippen LogP) is 2.58. The van der Waals surface area contributed by atoms with Gasteiger partial charge in [-0.05, 0) is 9.64 Å². The molecule has 0 unspecified atom stereocenters. The van der Waals surface area contributed by atoms with Crippen molar-refractivity contribution in [1.82, 2.24) is 4.57 Å². The molecule has 0 bridgehead atoms. The van der Waals surface area contributed by atoms with Gasteiger partial charge < -0.3 is 14.0 Å². The molecule has 0 aliphatic rings. The van der Waals surface area contributed by atoms with Gasteiger partial charge in [-0.15, -0.1) is 28.7 Å². The Morgan fingerprint density at radius 2 is 2.14 bits per heavy atom. The molecule has 1 aromatic heterocycles. The molecule has 0 atom stereocenters. The third-order valence-corrected chi connectivity index (χ3v) is 3.49. The summed E-state index contributed by atoms with van der Waals surface area (Å²) < 4.78 is 25.9. The van der Waals surface area contributed by atoms with Gasteiger partial charge in [0.2, 0.25) is 5.56 Å². The molecular formula is C14H12FINO3Y-. The molecule has 109 valence electrons. The molecule has 0 saturated carbocycles.